The van der Waals surface area contributed by atoms with E-state index in [1.807, 2.05) is 0 Å². The van der Waals surface area contributed by atoms with E-state index in [-0.39, 0.29) is 11.6 Å². The highest BCUT2D eigenvalue weighted by molar-refractivity contribution is 5.93. The van der Waals surface area contributed by atoms with Gasteiger partial charge in [-0.05, 0) is 53.3 Å². The summed E-state index contributed by atoms with van der Waals surface area (Å²) in [4.78, 5) is 15.5. The Balaban J connectivity index is 1.57. The third kappa shape index (κ3) is 4.00. The molecule has 0 saturated carbocycles. The van der Waals surface area contributed by atoms with Crippen molar-refractivity contribution in [1.82, 2.24) is 10.3 Å². The number of pyridine rings is 1. The van der Waals surface area contributed by atoms with Crippen LogP contribution in [0.1, 0.15) is 40.0 Å². The fourth-order valence-electron chi connectivity index (χ4n) is 4.05. The van der Waals surface area contributed by atoms with Gasteiger partial charge < -0.3 is 15.7 Å². The summed E-state index contributed by atoms with van der Waals surface area (Å²) in [5.41, 5.74) is 7.32. The molecule has 0 amide bonds. The fraction of sp³-hybridized carbons (Fsp3) is 0.250. The van der Waals surface area contributed by atoms with E-state index >= 15 is 0 Å². The van der Waals surface area contributed by atoms with Gasteiger partial charge in [-0.15, -0.1) is 0 Å². The summed E-state index contributed by atoms with van der Waals surface area (Å²) >= 11 is 0. The number of anilines is 1. The molecular weight excluding hydrogens is 362 g/mol. The van der Waals surface area contributed by atoms with E-state index in [0.29, 0.717) is 12.2 Å². The van der Waals surface area contributed by atoms with E-state index in [4.69, 9.17) is 0 Å². The SMILES string of the molecule is CCc1ccccc1-c1ccc2c(c1)CCNC2CNc1cnccc1C(=O)O. The van der Waals surface area contributed by atoms with Crippen molar-refractivity contribution in [1.29, 1.82) is 0 Å². The molecule has 0 radical (unpaired) electrons. The highest BCUT2D eigenvalue weighted by Crippen LogP contribution is 2.31. The molecule has 0 aliphatic carbocycles. The van der Waals surface area contributed by atoms with Gasteiger partial charge in [0.15, 0.2) is 0 Å². The first-order valence-corrected chi connectivity index (χ1v) is 10.0. The number of nitrogens with zero attached hydrogens (tertiary/aromatic N) is 1. The number of aromatic nitrogens is 1. The standard InChI is InChI=1S/C24H25N3O2/c1-2-16-5-3-4-6-19(16)17-7-8-20-18(13-17)9-12-26-23(20)15-27-22-14-25-11-10-21(22)24(28)29/h3-8,10-11,13-14,23,26-27H,2,9,12,15H2,1H3,(H,28,29). The van der Waals surface area contributed by atoms with Crippen LogP contribution in [-0.4, -0.2) is 29.1 Å². The normalized spacial score (nSPS) is 15.6. The van der Waals surface area contributed by atoms with Gasteiger partial charge in [0, 0.05) is 18.8 Å². The molecule has 5 nitrogen and oxygen atoms in total. The van der Waals surface area contributed by atoms with Gasteiger partial charge in [0.05, 0.1) is 17.4 Å². The maximum atomic E-state index is 11.4. The van der Waals surface area contributed by atoms with Crippen LogP contribution in [0.5, 0.6) is 0 Å². The van der Waals surface area contributed by atoms with Crippen molar-refractivity contribution in [2.24, 2.45) is 0 Å². The Kier molecular flexibility index (Phi) is 5.58. The number of carboxylic acids is 1. The van der Waals surface area contributed by atoms with Crippen LogP contribution < -0.4 is 10.6 Å². The van der Waals surface area contributed by atoms with Gasteiger partial charge in [-0.3, -0.25) is 4.98 Å². The van der Waals surface area contributed by atoms with Crippen LogP contribution in [0.2, 0.25) is 0 Å². The lowest BCUT2D eigenvalue weighted by Gasteiger charge is -2.28. The summed E-state index contributed by atoms with van der Waals surface area (Å²) in [7, 11) is 0. The number of carboxylic acid groups (broad SMARTS) is 1. The molecule has 29 heavy (non-hydrogen) atoms. The first-order chi connectivity index (χ1) is 14.2. The minimum atomic E-state index is -0.953. The third-order valence-electron chi connectivity index (χ3n) is 5.56. The van der Waals surface area contributed by atoms with E-state index in [2.05, 4.69) is 65.0 Å². The van der Waals surface area contributed by atoms with Gasteiger partial charge >= 0.3 is 5.97 Å². The van der Waals surface area contributed by atoms with Crippen LogP contribution in [0.4, 0.5) is 5.69 Å². The minimum absolute atomic E-state index is 0.121. The molecule has 0 bridgehead atoms. The van der Waals surface area contributed by atoms with Crippen LogP contribution in [0.15, 0.2) is 60.9 Å². The first-order valence-electron chi connectivity index (χ1n) is 10.0. The molecule has 2 heterocycles. The zero-order valence-electron chi connectivity index (χ0n) is 16.5. The molecule has 1 aliphatic heterocycles. The minimum Gasteiger partial charge on any atom is -0.478 e. The lowest BCUT2D eigenvalue weighted by Crippen LogP contribution is -2.34. The molecule has 148 valence electrons. The number of rotatable bonds is 6. The van der Waals surface area contributed by atoms with Crippen LogP contribution in [0.25, 0.3) is 11.1 Å². The van der Waals surface area contributed by atoms with Crippen molar-refractivity contribution in [3.05, 3.63) is 83.2 Å². The second-order valence-corrected chi connectivity index (χ2v) is 7.29. The quantitative estimate of drug-likeness (QED) is 0.588. The zero-order valence-corrected chi connectivity index (χ0v) is 16.5. The molecule has 1 unspecified atom stereocenters. The Morgan fingerprint density at radius 3 is 2.93 bits per heavy atom. The molecule has 3 N–H and O–H groups in total. The summed E-state index contributed by atoms with van der Waals surface area (Å²) < 4.78 is 0. The van der Waals surface area contributed by atoms with Gasteiger partial charge in [-0.25, -0.2) is 4.79 Å². The summed E-state index contributed by atoms with van der Waals surface area (Å²) in [6.07, 6.45) is 5.07. The summed E-state index contributed by atoms with van der Waals surface area (Å²) in [6, 6.07) is 16.9. The second kappa shape index (κ2) is 8.45. The average Bonchev–Trinajstić information content (AvgIpc) is 2.77. The molecule has 0 spiro atoms. The lowest BCUT2D eigenvalue weighted by molar-refractivity contribution is 0.0697. The fourth-order valence-corrected chi connectivity index (χ4v) is 4.05. The molecule has 0 fully saturated rings. The highest BCUT2D eigenvalue weighted by Gasteiger charge is 2.21. The molecule has 5 heteroatoms. The second-order valence-electron chi connectivity index (χ2n) is 7.29. The number of aromatic carboxylic acids is 1. The number of fused-ring (bicyclic) bond motifs is 1. The van der Waals surface area contributed by atoms with E-state index in [1.54, 1.807) is 6.20 Å². The number of benzene rings is 2. The summed E-state index contributed by atoms with van der Waals surface area (Å²) in [5.74, 6) is -0.953. The van der Waals surface area contributed by atoms with Crippen molar-refractivity contribution >= 4 is 11.7 Å². The van der Waals surface area contributed by atoms with Crippen molar-refractivity contribution in [3.8, 4) is 11.1 Å². The summed E-state index contributed by atoms with van der Waals surface area (Å²) in [5, 5.41) is 16.2. The van der Waals surface area contributed by atoms with Gasteiger partial charge in [-0.1, -0.05) is 49.4 Å². The van der Waals surface area contributed by atoms with E-state index in [1.165, 1.54) is 40.1 Å². The maximum Gasteiger partial charge on any atom is 0.337 e. The molecule has 1 aliphatic rings. The maximum absolute atomic E-state index is 11.4. The van der Waals surface area contributed by atoms with E-state index < -0.39 is 5.97 Å². The van der Waals surface area contributed by atoms with Crippen LogP contribution >= 0.6 is 0 Å². The van der Waals surface area contributed by atoms with Crippen LogP contribution in [0, 0.1) is 0 Å². The van der Waals surface area contributed by atoms with Crippen molar-refractivity contribution in [2.75, 3.05) is 18.4 Å². The van der Waals surface area contributed by atoms with Gasteiger partial charge in [0.1, 0.15) is 0 Å². The number of carbonyl (C=O) groups is 1. The monoisotopic (exact) mass is 387 g/mol. The number of hydrogen-bond acceptors (Lipinski definition) is 4. The molecule has 4 rings (SSSR count). The topological polar surface area (TPSA) is 74.2 Å². The van der Waals surface area contributed by atoms with E-state index in [0.717, 1.165) is 19.4 Å². The van der Waals surface area contributed by atoms with Crippen molar-refractivity contribution < 1.29 is 9.90 Å². The number of aryl methyl sites for hydroxylation is 1. The molecule has 2 aromatic carbocycles. The Morgan fingerprint density at radius 2 is 2.10 bits per heavy atom. The highest BCUT2D eigenvalue weighted by atomic mass is 16.4. The molecular formula is C24H25N3O2. The average molecular weight is 387 g/mol. The Labute approximate surface area is 170 Å². The Morgan fingerprint density at radius 1 is 1.24 bits per heavy atom. The molecule has 1 atom stereocenters. The van der Waals surface area contributed by atoms with Gasteiger partial charge in [0.2, 0.25) is 0 Å². The number of hydrogen-bond donors (Lipinski definition) is 3. The van der Waals surface area contributed by atoms with Crippen molar-refractivity contribution in [2.45, 2.75) is 25.8 Å². The summed E-state index contributed by atoms with van der Waals surface area (Å²) in [6.45, 7) is 3.69. The van der Waals surface area contributed by atoms with Crippen LogP contribution in [0.3, 0.4) is 0 Å². The van der Waals surface area contributed by atoms with E-state index in [9.17, 15) is 9.90 Å². The number of nitrogens with one attached hydrogen (secondary N) is 2. The first kappa shape index (κ1) is 19.2. The van der Waals surface area contributed by atoms with Gasteiger partial charge in [-0.2, -0.15) is 0 Å². The smallest absolute Gasteiger partial charge is 0.337 e. The molecule has 1 aromatic heterocycles. The molecule has 0 saturated heterocycles. The van der Waals surface area contributed by atoms with Crippen molar-refractivity contribution in [3.63, 3.8) is 0 Å². The Hall–Kier alpha value is -3.18. The lowest BCUT2D eigenvalue weighted by atomic mass is 9.89. The van der Waals surface area contributed by atoms with Crippen LogP contribution in [-0.2, 0) is 12.8 Å². The predicted octanol–water partition coefficient (Wildman–Crippen LogP) is 4.31. The molecule has 3 aromatic rings. The third-order valence-corrected chi connectivity index (χ3v) is 5.56. The Bertz CT molecular complexity index is 1030. The van der Waals surface area contributed by atoms with Gasteiger partial charge in [0.25, 0.3) is 0 Å². The largest absolute Gasteiger partial charge is 0.478 e. The zero-order chi connectivity index (χ0) is 20.2. The predicted molar refractivity (Wildman–Crippen MR) is 115 cm³/mol.